The van der Waals surface area contributed by atoms with Crippen molar-refractivity contribution in [3.63, 3.8) is 0 Å². The summed E-state index contributed by atoms with van der Waals surface area (Å²) < 4.78 is 32.5. The first-order chi connectivity index (χ1) is 12.5. The number of benzene rings is 2. The molecule has 1 heterocycles. The minimum atomic E-state index is -3.46. The molecule has 1 N–H and O–H groups in total. The molecule has 1 amide bonds. The van der Waals surface area contributed by atoms with Crippen molar-refractivity contribution in [1.82, 2.24) is 9.62 Å². The summed E-state index contributed by atoms with van der Waals surface area (Å²) in [5.74, 6) is -0.162. The summed E-state index contributed by atoms with van der Waals surface area (Å²) in [6, 6.07) is 18.7. The largest absolute Gasteiger partial charge is 0.365 e. The molecule has 0 saturated carbocycles. The first kappa shape index (κ1) is 18.6. The Bertz CT molecular complexity index is 825. The maximum absolute atomic E-state index is 12.2. The van der Waals surface area contributed by atoms with Gasteiger partial charge in [-0.15, -0.1) is 0 Å². The smallest absolute Gasteiger partial charge is 0.248 e. The van der Waals surface area contributed by atoms with E-state index in [0.29, 0.717) is 13.1 Å². The fourth-order valence-electron chi connectivity index (χ4n) is 2.83. The van der Waals surface area contributed by atoms with Crippen LogP contribution in [0, 0.1) is 0 Å². The molecule has 0 aliphatic carbocycles. The average molecular weight is 374 g/mol. The molecule has 1 aliphatic heterocycles. The summed E-state index contributed by atoms with van der Waals surface area (Å²) in [6.07, 6.45) is -0.359. The average Bonchev–Trinajstić information content (AvgIpc) is 2.64. The summed E-state index contributed by atoms with van der Waals surface area (Å²) >= 11 is 0. The monoisotopic (exact) mass is 374 g/mol. The van der Waals surface area contributed by atoms with Crippen LogP contribution in [0.25, 0.3) is 0 Å². The molecular formula is C19H22N2O4S. The number of hydrogen-bond acceptors (Lipinski definition) is 4. The van der Waals surface area contributed by atoms with Crippen LogP contribution in [0.3, 0.4) is 0 Å². The number of amides is 1. The van der Waals surface area contributed by atoms with Gasteiger partial charge in [0.05, 0.1) is 11.9 Å². The van der Waals surface area contributed by atoms with Crippen molar-refractivity contribution >= 4 is 15.9 Å². The summed E-state index contributed by atoms with van der Waals surface area (Å²) in [4.78, 5) is 13.8. The molecule has 7 heteroatoms. The van der Waals surface area contributed by atoms with Crippen LogP contribution in [-0.2, 0) is 31.9 Å². The molecule has 26 heavy (non-hydrogen) atoms. The predicted molar refractivity (Wildman–Crippen MR) is 98.7 cm³/mol. The van der Waals surface area contributed by atoms with Gasteiger partial charge in [-0.2, -0.15) is 0 Å². The fraction of sp³-hybridized carbons (Fsp3) is 0.316. The molecule has 0 aromatic heterocycles. The molecule has 0 spiro atoms. The zero-order valence-corrected chi connectivity index (χ0v) is 15.2. The summed E-state index contributed by atoms with van der Waals surface area (Å²) in [6.45, 7) is 0.976. The van der Waals surface area contributed by atoms with Gasteiger partial charge in [0.25, 0.3) is 0 Å². The number of rotatable bonds is 7. The van der Waals surface area contributed by atoms with Crippen LogP contribution in [0.2, 0.25) is 0 Å². The highest BCUT2D eigenvalue weighted by Crippen LogP contribution is 2.12. The second-order valence-electron chi connectivity index (χ2n) is 6.29. The summed E-state index contributed by atoms with van der Waals surface area (Å²) in [7, 11) is -3.46. The van der Waals surface area contributed by atoms with E-state index in [-0.39, 0.29) is 30.9 Å². The highest BCUT2D eigenvalue weighted by Gasteiger charge is 2.27. The van der Waals surface area contributed by atoms with Gasteiger partial charge in [-0.1, -0.05) is 60.7 Å². The Hall–Kier alpha value is -2.22. The van der Waals surface area contributed by atoms with E-state index in [4.69, 9.17) is 4.74 Å². The van der Waals surface area contributed by atoms with Crippen LogP contribution >= 0.6 is 0 Å². The number of carbonyl (C=O) groups excluding carboxylic acids is 1. The molecule has 1 fully saturated rings. The zero-order valence-electron chi connectivity index (χ0n) is 14.4. The van der Waals surface area contributed by atoms with E-state index in [2.05, 4.69) is 4.72 Å². The molecule has 1 unspecified atom stereocenters. The number of hydrogen-bond donors (Lipinski definition) is 1. The highest BCUT2D eigenvalue weighted by atomic mass is 32.2. The lowest BCUT2D eigenvalue weighted by Gasteiger charge is -2.33. The van der Waals surface area contributed by atoms with Gasteiger partial charge in [0, 0.05) is 19.6 Å². The molecule has 138 valence electrons. The van der Waals surface area contributed by atoms with Crippen LogP contribution in [0.4, 0.5) is 0 Å². The van der Waals surface area contributed by atoms with Gasteiger partial charge in [0.2, 0.25) is 15.9 Å². The fourth-order valence-corrected chi connectivity index (χ4v) is 4.00. The molecule has 2 aromatic carbocycles. The summed E-state index contributed by atoms with van der Waals surface area (Å²) in [5.41, 5.74) is 1.76. The summed E-state index contributed by atoms with van der Waals surface area (Å²) in [5, 5.41) is 0. The zero-order chi connectivity index (χ0) is 18.4. The van der Waals surface area contributed by atoms with E-state index in [0.717, 1.165) is 11.1 Å². The number of sulfonamides is 1. The quantitative estimate of drug-likeness (QED) is 0.798. The van der Waals surface area contributed by atoms with Gasteiger partial charge in [-0.05, 0) is 11.1 Å². The van der Waals surface area contributed by atoms with Crippen molar-refractivity contribution in [2.24, 2.45) is 0 Å². The Labute approximate surface area is 153 Å². The molecule has 1 aliphatic rings. The van der Waals surface area contributed by atoms with Gasteiger partial charge >= 0.3 is 0 Å². The Morgan fingerprint density at radius 2 is 1.62 bits per heavy atom. The topological polar surface area (TPSA) is 75.7 Å². The normalized spacial score (nSPS) is 18.1. The number of morpholine rings is 1. The second-order valence-corrected chi connectivity index (χ2v) is 8.09. The molecule has 1 atom stereocenters. The highest BCUT2D eigenvalue weighted by molar-refractivity contribution is 7.88. The molecule has 6 nitrogen and oxygen atoms in total. The van der Waals surface area contributed by atoms with Gasteiger partial charge in [0.15, 0.2) is 0 Å². The van der Waals surface area contributed by atoms with E-state index in [1.54, 1.807) is 17.0 Å². The van der Waals surface area contributed by atoms with Crippen molar-refractivity contribution in [3.8, 4) is 0 Å². The van der Waals surface area contributed by atoms with Gasteiger partial charge in [-0.3, -0.25) is 4.79 Å². The van der Waals surface area contributed by atoms with Crippen molar-refractivity contribution in [2.45, 2.75) is 18.4 Å². The third kappa shape index (κ3) is 5.39. The van der Waals surface area contributed by atoms with Crippen LogP contribution < -0.4 is 4.72 Å². The molecule has 2 aromatic rings. The van der Waals surface area contributed by atoms with Crippen LogP contribution in [0.5, 0.6) is 0 Å². The number of nitrogens with zero attached hydrogens (tertiary/aromatic N) is 1. The minimum Gasteiger partial charge on any atom is -0.365 e. The Morgan fingerprint density at radius 3 is 2.27 bits per heavy atom. The minimum absolute atomic E-state index is 0.0298. The first-order valence-corrected chi connectivity index (χ1v) is 10.1. The van der Waals surface area contributed by atoms with Crippen molar-refractivity contribution < 1.29 is 17.9 Å². The van der Waals surface area contributed by atoms with Crippen molar-refractivity contribution in [3.05, 3.63) is 71.8 Å². The SMILES string of the molecule is O=C1COC(CNS(=O)(=O)Cc2ccccc2)CN1Cc1ccccc1. The van der Waals surface area contributed by atoms with Crippen molar-refractivity contribution in [2.75, 3.05) is 19.7 Å². The Kier molecular flexibility index (Phi) is 6.03. The number of nitrogens with one attached hydrogen (secondary N) is 1. The third-order valence-electron chi connectivity index (χ3n) is 4.17. The Balaban J connectivity index is 1.54. The third-order valence-corrected chi connectivity index (χ3v) is 5.49. The molecule has 0 bridgehead atoms. The van der Waals surface area contributed by atoms with Crippen LogP contribution in [0.15, 0.2) is 60.7 Å². The Morgan fingerprint density at radius 1 is 1.00 bits per heavy atom. The second kappa shape index (κ2) is 8.44. The van der Waals surface area contributed by atoms with E-state index < -0.39 is 10.0 Å². The molecule has 1 saturated heterocycles. The molecule has 0 radical (unpaired) electrons. The van der Waals surface area contributed by atoms with Crippen molar-refractivity contribution in [1.29, 1.82) is 0 Å². The molecule has 3 rings (SSSR count). The maximum atomic E-state index is 12.2. The van der Waals surface area contributed by atoms with E-state index in [1.165, 1.54) is 0 Å². The van der Waals surface area contributed by atoms with E-state index in [9.17, 15) is 13.2 Å². The van der Waals surface area contributed by atoms with Crippen LogP contribution in [0.1, 0.15) is 11.1 Å². The van der Waals surface area contributed by atoms with Gasteiger partial charge in [0.1, 0.15) is 6.61 Å². The lowest BCUT2D eigenvalue weighted by atomic mass is 10.2. The van der Waals surface area contributed by atoms with Gasteiger partial charge in [-0.25, -0.2) is 13.1 Å². The molecular weight excluding hydrogens is 352 g/mol. The first-order valence-electron chi connectivity index (χ1n) is 8.46. The van der Waals surface area contributed by atoms with Gasteiger partial charge < -0.3 is 9.64 Å². The number of ether oxygens (including phenoxy) is 1. The standard InChI is InChI=1S/C19H22N2O4S/c22-19-14-25-18(13-21(19)12-16-7-3-1-4-8-16)11-20-26(23,24)15-17-9-5-2-6-10-17/h1-10,18,20H,11-15H2. The maximum Gasteiger partial charge on any atom is 0.248 e. The van der Waals surface area contributed by atoms with E-state index >= 15 is 0 Å². The lowest BCUT2D eigenvalue weighted by Crippen LogP contribution is -2.50. The van der Waals surface area contributed by atoms with E-state index in [1.807, 2.05) is 48.5 Å². The predicted octanol–water partition coefficient (Wildman–Crippen LogP) is 1.53. The van der Waals surface area contributed by atoms with Crippen LogP contribution in [-0.4, -0.2) is 45.0 Å². The lowest BCUT2D eigenvalue weighted by molar-refractivity contribution is -0.149. The number of carbonyl (C=O) groups is 1.